The van der Waals surface area contributed by atoms with Gasteiger partial charge in [0.15, 0.2) is 0 Å². The number of esters is 1. The summed E-state index contributed by atoms with van der Waals surface area (Å²) in [5, 5.41) is 4.13. The molecule has 1 fully saturated rings. The Bertz CT molecular complexity index is 1440. The van der Waals surface area contributed by atoms with Crippen LogP contribution in [0.3, 0.4) is 0 Å². The van der Waals surface area contributed by atoms with Crippen molar-refractivity contribution >= 4 is 34.4 Å². The second kappa shape index (κ2) is 9.87. The highest BCUT2D eigenvalue weighted by Gasteiger charge is 2.35. The monoisotopic (exact) mass is 520 g/mol. The van der Waals surface area contributed by atoms with E-state index in [-0.39, 0.29) is 35.8 Å². The number of benzene rings is 2. The van der Waals surface area contributed by atoms with Crippen LogP contribution in [0.5, 0.6) is 0 Å². The van der Waals surface area contributed by atoms with E-state index in [1.807, 2.05) is 6.07 Å². The quantitative estimate of drug-likeness (QED) is 0.414. The van der Waals surface area contributed by atoms with Crippen LogP contribution in [0, 0.1) is 11.2 Å². The summed E-state index contributed by atoms with van der Waals surface area (Å²) in [7, 11) is 0. The van der Waals surface area contributed by atoms with Crippen LogP contribution >= 0.6 is 0 Å². The first-order valence-corrected chi connectivity index (χ1v) is 13.0. The molecule has 0 spiro atoms. The smallest absolute Gasteiger partial charge is 0.319 e. The molecule has 0 atom stereocenters. The topological polar surface area (TPSA) is 129 Å². The maximum Gasteiger partial charge on any atom is 0.319 e. The average molecular weight is 521 g/mol. The number of halogens is 1. The highest BCUT2D eigenvalue weighted by Crippen LogP contribution is 2.43. The summed E-state index contributed by atoms with van der Waals surface area (Å²) in [4.78, 5) is 37.0. The minimum absolute atomic E-state index is 0.0155. The lowest BCUT2D eigenvalue weighted by Gasteiger charge is -2.31. The number of nitrogens with zero attached hydrogens (tertiary/aromatic N) is 1. The predicted octanol–water partition coefficient (Wildman–Crippen LogP) is 4.38. The lowest BCUT2D eigenvalue weighted by Crippen LogP contribution is -2.33. The van der Waals surface area contributed by atoms with Crippen molar-refractivity contribution < 1.29 is 23.5 Å². The average Bonchev–Trinajstić information content (AvgIpc) is 3.17. The fourth-order valence-corrected chi connectivity index (χ4v) is 5.91. The largest absolute Gasteiger partial charge is 0.461 e. The molecular weight excluding hydrogens is 487 g/mol. The molecule has 2 aromatic carbocycles. The molecule has 9 heteroatoms. The zero-order valence-electron chi connectivity index (χ0n) is 21.7. The third-order valence-corrected chi connectivity index (χ3v) is 7.62. The van der Waals surface area contributed by atoms with Crippen molar-refractivity contribution in [2.75, 3.05) is 11.9 Å². The first-order valence-electron chi connectivity index (χ1n) is 13.0. The third-order valence-electron chi connectivity index (χ3n) is 7.62. The van der Waals surface area contributed by atoms with Crippen molar-refractivity contribution in [2.45, 2.75) is 64.5 Å². The Morgan fingerprint density at radius 2 is 1.84 bits per heavy atom. The SMILES string of the molecule is CC1(C)CC(=O)n2c(c(-c3ccc(C(N)=O)c(N[C@H]4CC[C@H](OC(=O)CN)CC4)c3)c3cc(F)ccc32)C1. The second-order valence-electron chi connectivity index (χ2n) is 11.2. The zero-order chi connectivity index (χ0) is 27.2. The highest BCUT2D eigenvalue weighted by atomic mass is 19.1. The number of rotatable bonds is 6. The number of carbonyl (C=O) groups excluding carboxylic acids is 3. The summed E-state index contributed by atoms with van der Waals surface area (Å²) in [5.74, 6) is -1.37. The molecule has 3 aromatic rings. The molecule has 0 unspecified atom stereocenters. The number of amides is 1. The van der Waals surface area contributed by atoms with Crippen molar-refractivity contribution in [3.8, 4) is 11.1 Å². The molecule has 1 aliphatic carbocycles. The summed E-state index contributed by atoms with van der Waals surface area (Å²) >= 11 is 0. The van der Waals surface area contributed by atoms with Crippen molar-refractivity contribution in [1.82, 2.24) is 4.57 Å². The first kappa shape index (κ1) is 25.9. The summed E-state index contributed by atoms with van der Waals surface area (Å²) in [6, 6.07) is 9.90. The summed E-state index contributed by atoms with van der Waals surface area (Å²) in [5.41, 5.74) is 14.8. The van der Waals surface area contributed by atoms with E-state index in [9.17, 15) is 18.8 Å². The second-order valence-corrected chi connectivity index (χ2v) is 11.2. The Kier molecular flexibility index (Phi) is 6.73. The molecule has 5 N–H and O–H groups in total. The molecule has 1 aromatic heterocycles. The molecule has 1 amide bonds. The molecule has 2 aliphatic rings. The van der Waals surface area contributed by atoms with Crippen LogP contribution in [0.1, 0.15) is 66.8 Å². The number of hydrogen-bond donors (Lipinski definition) is 3. The lowest BCUT2D eigenvalue weighted by atomic mass is 9.80. The van der Waals surface area contributed by atoms with Gasteiger partial charge in [-0.2, -0.15) is 0 Å². The fraction of sp³-hybridized carbons (Fsp3) is 0.414. The van der Waals surface area contributed by atoms with E-state index in [1.165, 1.54) is 12.1 Å². The molecular formula is C29H33FN4O4. The van der Waals surface area contributed by atoms with Crippen molar-refractivity contribution in [2.24, 2.45) is 16.9 Å². The Balaban J connectivity index is 1.53. The van der Waals surface area contributed by atoms with Crippen LogP contribution in [0.2, 0.25) is 0 Å². The third kappa shape index (κ3) is 4.90. The highest BCUT2D eigenvalue weighted by molar-refractivity contribution is 6.06. The van der Waals surface area contributed by atoms with E-state index < -0.39 is 11.9 Å². The van der Waals surface area contributed by atoms with Gasteiger partial charge in [-0.05, 0) is 73.4 Å². The number of ether oxygens (including phenoxy) is 1. The van der Waals surface area contributed by atoms with E-state index in [4.69, 9.17) is 16.2 Å². The normalized spacial score (nSPS) is 20.7. The Morgan fingerprint density at radius 3 is 2.53 bits per heavy atom. The molecule has 8 nitrogen and oxygen atoms in total. The van der Waals surface area contributed by atoms with Crippen molar-refractivity contribution in [3.05, 3.63) is 53.5 Å². The molecule has 5 rings (SSSR count). The van der Waals surface area contributed by atoms with Crippen LogP contribution in [-0.4, -0.2) is 41.0 Å². The number of primary amides is 1. The number of anilines is 1. The number of carbonyl (C=O) groups is 3. The zero-order valence-corrected chi connectivity index (χ0v) is 21.7. The van der Waals surface area contributed by atoms with Crippen molar-refractivity contribution in [1.29, 1.82) is 0 Å². The Hall–Kier alpha value is -3.72. The number of aromatic nitrogens is 1. The fourth-order valence-electron chi connectivity index (χ4n) is 5.91. The summed E-state index contributed by atoms with van der Waals surface area (Å²) in [6.45, 7) is 3.97. The van der Waals surface area contributed by atoms with Gasteiger partial charge in [-0.1, -0.05) is 19.9 Å². The number of nitrogens with one attached hydrogen (secondary N) is 1. The van der Waals surface area contributed by atoms with E-state index >= 15 is 0 Å². The molecule has 1 aliphatic heterocycles. The Labute approximate surface area is 220 Å². The molecule has 0 radical (unpaired) electrons. The molecule has 2 heterocycles. The van der Waals surface area contributed by atoms with Gasteiger partial charge in [-0.3, -0.25) is 19.0 Å². The van der Waals surface area contributed by atoms with Gasteiger partial charge >= 0.3 is 5.97 Å². The molecule has 1 saturated carbocycles. The van der Waals surface area contributed by atoms with Crippen LogP contribution in [-0.2, 0) is 16.0 Å². The number of nitrogens with two attached hydrogens (primary N) is 2. The minimum atomic E-state index is -0.560. The van der Waals surface area contributed by atoms with Gasteiger partial charge in [0.2, 0.25) is 5.91 Å². The summed E-state index contributed by atoms with van der Waals surface area (Å²) < 4.78 is 21.5. The maximum absolute atomic E-state index is 14.4. The van der Waals surface area contributed by atoms with E-state index in [0.717, 1.165) is 29.7 Å². The lowest BCUT2D eigenvalue weighted by molar-refractivity contribution is -0.148. The van der Waals surface area contributed by atoms with Crippen LogP contribution in [0.4, 0.5) is 10.1 Å². The predicted molar refractivity (Wildman–Crippen MR) is 143 cm³/mol. The van der Waals surface area contributed by atoms with Gasteiger partial charge in [0.1, 0.15) is 11.9 Å². The maximum atomic E-state index is 14.4. The van der Waals surface area contributed by atoms with Crippen LogP contribution < -0.4 is 16.8 Å². The molecule has 0 saturated heterocycles. The van der Waals surface area contributed by atoms with Gasteiger partial charge in [0.25, 0.3) is 5.91 Å². The molecule has 38 heavy (non-hydrogen) atoms. The standard InChI is InChI=1S/C29H33FN4O4/c1-29(2)13-24-27(21-12-17(30)4-10-23(21)34(24)25(35)14-29)16-3-9-20(28(32)37)22(11-16)33-18-5-7-19(8-6-18)38-26(36)15-31/h3-4,9-12,18-19,33H,5-8,13-15,31H2,1-2H3,(H2,32,37)/t18-,19-. The van der Waals surface area contributed by atoms with E-state index in [2.05, 4.69) is 19.2 Å². The Morgan fingerprint density at radius 1 is 1.11 bits per heavy atom. The van der Waals surface area contributed by atoms with Crippen molar-refractivity contribution in [3.63, 3.8) is 0 Å². The van der Waals surface area contributed by atoms with Gasteiger partial charge < -0.3 is 21.5 Å². The van der Waals surface area contributed by atoms with Gasteiger partial charge in [0.05, 0.1) is 17.6 Å². The van der Waals surface area contributed by atoms with Gasteiger partial charge in [0, 0.05) is 34.8 Å². The number of fused-ring (bicyclic) bond motifs is 3. The van der Waals surface area contributed by atoms with Gasteiger partial charge in [-0.15, -0.1) is 0 Å². The van der Waals surface area contributed by atoms with E-state index in [0.29, 0.717) is 47.8 Å². The minimum Gasteiger partial charge on any atom is -0.461 e. The molecule has 200 valence electrons. The van der Waals surface area contributed by atoms with Gasteiger partial charge in [-0.25, -0.2) is 4.39 Å². The first-order chi connectivity index (χ1) is 18.1. The molecule has 0 bridgehead atoms. The number of hydrogen-bond acceptors (Lipinski definition) is 6. The van der Waals surface area contributed by atoms with Crippen LogP contribution in [0.15, 0.2) is 36.4 Å². The van der Waals surface area contributed by atoms with E-state index in [1.54, 1.807) is 22.8 Å². The summed E-state index contributed by atoms with van der Waals surface area (Å²) in [6.07, 6.45) is 3.73. The van der Waals surface area contributed by atoms with Crippen LogP contribution in [0.25, 0.3) is 22.0 Å².